The molecule has 0 aliphatic rings. The predicted molar refractivity (Wildman–Crippen MR) is 83.1 cm³/mol. The third kappa shape index (κ3) is 6.46. The van der Waals surface area contributed by atoms with Crippen molar-refractivity contribution in [2.75, 3.05) is 18.5 Å². The first-order chi connectivity index (χ1) is 9.43. The number of hydrogen-bond acceptors (Lipinski definition) is 5. The van der Waals surface area contributed by atoms with Crippen molar-refractivity contribution in [3.8, 4) is 5.75 Å². The molecule has 7 heteroatoms. The molecule has 0 unspecified atom stereocenters. The fourth-order valence-electron chi connectivity index (χ4n) is 1.49. The molecular formula is C14H21ClN2O4. The van der Waals surface area contributed by atoms with Gasteiger partial charge in [0, 0.05) is 17.8 Å². The van der Waals surface area contributed by atoms with Crippen molar-refractivity contribution in [3.05, 3.63) is 23.8 Å². The third-order valence-corrected chi connectivity index (χ3v) is 2.45. The molecule has 1 rings (SSSR count). The Morgan fingerprint density at radius 3 is 2.52 bits per heavy atom. The summed E-state index contributed by atoms with van der Waals surface area (Å²) in [6.45, 7) is 5.97. The molecule has 0 aliphatic carbocycles. The topological polar surface area (TPSA) is 87.7 Å². The molecule has 1 aromatic carbocycles. The molecule has 0 atom stereocenters. The minimum Gasteiger partial charge on any atom is -0.507 e. The van der Waals surface area contributed by atoms with E-state index in [1.807, 2.05) is 13.8 Å². The Balaban J connectivity index is 0.00000400. The van der Waals surface area contributed by atoms with Gasteiger partial charge in [-0.2, -0.15) is 0 Å². The van der Waals surface area contributed by atoms with Gasteiger partial charge in [-0.25, -0.2) is 4.79 Å². The maximum atomic E-state index is 11.6. The predicted octanol–water partition coefficient (Wildman–Crippen LogP) is 1.93. The van der Waals surface area contributed by atoms with Gasteiger partial charge >= 0.3 is 5.97 Å². The van der Waals surface area contributed by atoms with Crippen molar-refractivity contribution in [1.82, 2.24) is 5.32 Å². The van der Waals surface area contributed by atoms with Crippen LogP contribution in [0.2, 0.25) is 0 Å². The lowest BCUT2D eigenvalue weighted by atomic mass is 10.2. The second-order valence-corrected chi connectivity index (χ2v) is 4.54. The van der Waals surface area contributed by atoms with E-state index in [9.17, 15) is 14.7 Å². The van der Waals surface area contributed by atoms with Crippen LogP contribution in [0.4, 0.5) is 5.69 Å². The van der Waals surface area contributed by atoms with Gasteiger partial charge < -0.3 is 20.5 Å². The van der Waals surface area contributed by atoms with Gasteiger partial charge in [0.1, 0.15) is 11.3 Å². The summed E-state index contributed by atoms with van der Waals surface area (Å²) in [5.41, 5.74) is 0.497. The summed E-state index contributed by atoms with van der Waals surface area (Å²) < 4.78 is 4.80. The van der Waals surface area contributed by atoms with Gasteiger partial charge in [-0.05, 0) is 19.1 Å². The fourth-order valence-corrected chi connectivity index (χ4v) is 1.49. The van der Waals surface area contributed by atoms with E-state index in [-0.39, 0.29) is 48.8 Å². The Labute approximate surface area is 130 Å². The zero-order valence-corrected chi connectivity index (χ0v) is 13.1. The van der Waals surface area contributed by atoms with Crippen molar-refractivity contribution in [2.45, 2.75) is 26.8 Å². The number of amides is 1. The maximum absolute atomic E-state index is 11.6. The first kappa shape index (κ1) is 19.2. The van der Waals surface area contributed by atoms with E-state index >= 15 is 0 Å². The SMILES string of the molecule is CCOC(=O)c1ccc(NC(=O)CNC(C)C)cc1O.Cl. The largest absolute Gasteiger partial charge is 0.507 e. The van der Waals surface area contributed by atoms with E-state index in [4.69, 9.17) is 4.74 Å². The van der Waals surface area contributed by atoms with E-state index in [2.05, 4.69) is 10.6 Å². The molecule has 0 fully saturated rings. The smallest absolute Gasteiger partial charge is 0.341 e. The molecule has 0 heterocycles. The van der Waals surface area contributed by atoms with Crippen LogP contribution in [0.3, 0.4) is 0 Å². The van der Waals surface area contributed by atoms with Gasteiger partial charge in [0.25, 0.3) is 0 Å². The zero-order valence-electron chi connectivity index (χ0n) is 12.3. The number of halogens is 1. The molecule has 0 saturated carbocycles. The summed E-state index contributed by atoms with van der Waals surface area (Å²) in [6, 6.07) is 4.48. The van der Waals surface area contributed by atoms with Crippen LogP contribution in [-0.2, 0) is 9.53 Å². The lowest BCUT2D eigenvalue weighted by molar-refractivity contribution is -0.115. The quantitative estimate of drug-likeness (QED) is 0.698. The molecule has 0 saturated heterocycles. The van der Waals surface area contributed by atoms with Crippen LogP contribution >= 0.6 is 12.4 Å². The number of esters is 1. The molecule has 0 aromatic heterocycles. The second-order valence-electron chi connectivity index (χ2n) is 4.54. The Hall–Kier alpha value is -1.79. The molecule has 1 amide bonds. The highest BCUT2D eigenvalue weighted by molar-refractivity contribution is 5.95. The van der Waals surface area contributed by atoms with Crippen LogP contribution in [-0.4, -0.2) is 36.2 Å². The molecule has 0 bridgehead atoms. The molecule has 0 radical (unpaired) electrons. The summed E-state index contributed by atoms with van der Waals surface area (Å²) in [5.74, 6) is -1.04. The number of hydrogen-bond donors (Lipinski definition) is 3. The minimum absolute atomic E-state index is 0. The highest BCUT2D eigenvalue weighted by Gasteiger charge is 2.13. The summed E-state index contributed by atoms with van der Waals surface area (Å²) in [5, 5.41) is 15.4. The van der Waals surface area contributed by atoms with Crippen LogP contribution in [0.5, 0.6) is 5.75 Å². The average Bonchev–Trinajstić information content (AvgIpc) is 2.36. The molecule has 21 heavy (non-hydrogen) atoms. The first-order valence-electron chi connectivity index (χ1n) is 6.47. The van der Waals surface area contributed by atoms with Crippen molar-refractivity contribution in [2.24, 2.45) is 0 Å². The van der Waals surface area contributed by atoms with Gasteiger partial charge in [-0.15, -0.1) is 12.4 Å². The number of phenols is 1. The number of anilines is 1. The van der Waals surface area contributed by atoms with Crippen LogP contribution in [0, 0.1) is 0 Å². The van der Waals surface area contributed by atoms with Gasteiger partial charge in [0.15, 0.2) is 0 Å². The highest BCUT2D eigenvalue weighted by Crippen LogP contribution is 2.22. The second kappa shape index (κ2) is 9.20. The number of rotatable bonds is 6. The summed E-state index contributed by atoms with van der Waals surface area (Å²) in [7, 11) is 0. The number of carbonyl (C=O) groups excluding carboxylic acids is 2. The fraction of sp³-hybridized carbons (Fsp3) is 0.429. The van der Waals surface area contributed by atoms with Crippen molar-refractivity contribution >= 4 is 30.0 Å². The molecule has 0 spiro atoms. The van der Waals surface area contributed by atoms with Crippen molar-refractivity contribution < 1.29 is 19.4 Å². The lowest BCUT2D eigenvalue weighted by Crippen LogP contribution is -2.32. The normalized spacial score (nSPS) is 9.90. The van der Waals surface area contributed by atoms with Crippen molar-refractivity contribution in [3.63, 3.8) is 0 Å². The van der Waals surface area contributed by atoms with E-state index in [1.165, 1.54) is 12.1 Å². The number of nitrogens with one attached hydrogen (secondary N) is 2. The highest BCUT2D eigenvalue weighted by atomic mass is 35.5. The number of phenolic OH excluding ortho intramolecular Hbond substituents is 1. The van der Waals surface area contributed by atoms with Crippen LogP contribution < -0.4 is 10.6 Å². The van der Waals surface area contributed by atoms with Gasteiger partial charge in [0.2, 0.25) is 5.91 Å². The Bertz CT molecular complexity index is 492. The average molecular weight is 317 g/mol. The number of benzene rings is 1. The number of carbonyl (C=O) groups is 2. The van der Waals surface area contributed by atoms with Gasteiger partial charge in [-0.1, -0.05) is 13.8 Å². The van der Waals surface area contributed by atoms with Crippen molar-refractivity contribution in [1.29, 1.82) is 0 Å². The first-order valence-corrected chi connectivity index (χ1v) is 6.47. The Kier molecular flexibility index (Phi) is 8.42. The van der Waals surface area contributed by atoms with E-state index in [1.54, 1.807) is 13.0 Å². The third-order valence-electron chi connectivity index (χ3n) is 2.45. The Morgan fingerprint density at radius 1 is 1.33 bits per heavy atom. The zero-order chi connectivity index (χ0) is 15.1. The molecular weight excluding hydrogens is 296 g/mol. The number of aromatic hydroxyl groups is 1. The van der Waals surface area contributed by atoms with E-state index in [0.717, 1.165) is 0 Å². The van der Waals surface area contributed by atoms with E-state index in [0.29, 0.717) is 5.69 Å². The van der Waals surface area contributed by atoms with Gasteiger partial charge in [-0.3, -0.25) is 4.79 Å². The molecule has 3 N–H and O–H groups in total. The summed E-state index contributed by atoms with van der Waals surface area (Å²) in [4.78, 5) is 23.1. The molecule has 1 aromatic rings. The van der Waals surface area contributed by atoms with Crippen LogP contribution in [0.25, 0.3) is 0 Å². The number of ether oxygens (including phenoxy) is 1. The molecule has 6 nitrogen and oxygen atoms in total. The van der Waals surface area contributed by atoms with Gasteiger partial charge in [0.05, 0.1) is 13.2 Å². The maximum Gasteiger partial charge on any atom is 0.341 e. The molecule has 118 valence electrons. The summed E-state index contributed by atoms with van der Waals surface area (Å²) in [6.07, 6.45) is 0. The molecule has 0 aliphatic heterocycles. The standard InChI is InChI=1S/C14H20N2O4.ClH/c1-4-20-14(19)11-6-5-10(7-12(11)17)16-13(18)8-15-9(2)3;/h5-7,9,15,17H,4,8H2,1-3H3,(H,16,18);1H. The monoisotopic (exact) mass is 316 g/mol. The minimum atomic E-state index is -0.593. The lowest BCUT2D eigenvalue weighted by Gasteiger charge is -2.10. The summed E-state index contributed by atoms with van der Waals surface area (Å²) >= 11 is 0. The van der Waals surface area contributed by atoms with Crippen LogP contribution in [0.1, 0.15) is 31.1 Å². The van der Waals surface area contributed by atoms with E-state index < -0.39 is 5.97 Å². The van der Waals surface area contributed by atoms with Crippen LogP contribution in [0.15, 0.2) is 18.2 Å². The Morgan fingerprint density at radius 2 is 2.00 bits per heavy atom.